The van der Waals surface area contributed by atoms with Crippen molar-refractivity contribution in [1.82, 2.24) is 14.8 Å². The lowest BCUT2D eigenvalue weighted by Gasteiger charge is -2.15. The number of rotatable bonds is 5. The first-order valence-corrected chi connectivity index (χ1v) is 12.7. The normalized spacial score (nSPS) is 17.6. The molecular weight excluding hydrogens is 440 g/mol. The number of fused-ring (bicyclic) bond motifs is 1. The molecule has 0 unspecified atom stereocenters. The van der Waals surface area contributed by atoms with Gasteiger partial charge in [-0.15, -0.1) is 0 Å². The number of carbonyl (C=O) groups excluding carboxylic acids is 1. The molecule has 0 saturated carbocycles. The van der Waals surface area contributed by atoms with Crippen molar-refractivity contribution in [2.45, 2.75) is 32.2 Å². The minimum absolute atomic E-state index is 0.0622. The van der Waals surface area contributed by atoms with Gasteiger partial charge >= 0.3 is 0 Å². The molecule has 0 bridgehead atoms. The van der Waals surface area contributed by atoms with Crippen LogP contribution in [0.5, 0.6) is 0 Å². The summed E-state index contributed by atoms with van der Waals surface area (Å²) in [6, 6.07) is 16.3. The zero-order valence-electron chi connectivity index (χ0n) is 18.4. The van der Waals surface area contributed by atoms with E-state index in [4.69, 9.17) is 4.42 Å². The van der Waals surface area contributed by atoms with E-state index in [9.17, 15) is 13.2 Å². The Labute approximate surface area is 191 Å². The molecule has 1 fully saturated rings. The number of para-hydroxylation sites is 2. The van der Waals surface area contributed by atoms with Crippen LogP contribution in [0.2, 0.25) is 0 Å². The average Bonchev–Trinajstić information content (AvgIpc) is 3.50. The predicted octanol–water partition coefficient (Wildman–Crippen LogP) is 4.43. The van der Waals surface area contributed by atoms with Gasteiger partial charge in [0.05, 0.1) is 17.5 Å². The van der Waals surface area contributed by atoms with Gasteiger partial charge in [0, 0.05) is 16.9 Å². The summed E-state index contributed by atoms with van der Waals surface area (Å²) in [6.07, 6.45) is 0.516. The molecule has 0 spiro atoms. The molecule has 9 heteroatoms. The fourth-order valence-corrected chi connectivity index (χ4v) is 5.79. The van der Waals surface area contributed by atoms with Crippen LogP contribution in [0.3, 0.4) is 0 Å². The largest absolute Gasteiger partial charge is 0.436 e. The van der Waals surface area contributed by atoms with Gasteiger partial charge in [0.15, 0.2) is 21.1 Å². The summed E-state index contributed by atoms with van der Waals surface area (Å²) in [4.78, 5) is 17.4. The molecule has 8 nitrogen and oxygen atoms in total. The predicted molar refractivity (Wildman–Crippen MR) is 126 cm³/mol. The van der Waals surface area contributed by atoms with Crippen molar-refractivity contribution < 1.29 is 17.6 Å². The molecule has 2 aromatic carbocycles. The number of carbonyl (C=O) groups is 1. The van der Waals surface area contributed by atoms with Gasteiger partial charge in [-0.2, -0.15) is 5.10 Å². The van der Waals surface area contributed by atoms with Crippen LogP contribution in [-0.4, -0.2) is 40.6 Å². The zero-order valence-corrected chi connectivity index (χ0v) is 19.2. The van der Waals surface area contributed by atoms with Crippen molar-refractivity contribution in [2.75, 3.05) is 16.8 Å². The Bertz CT molecular complexity index is 1400. The van der Waals surface area contributed by atoms with Gasteiger partial charge in [-0.25, -0.2) is 13.4 Å². The monoisotopic (exact) mass is 464 g/mol. The van der Waals surface area contributed by atoms with Gasteiger partial charge in [-0.05, 0) is 54.8 Å². The molecule has 1 aliphatic heterocycles. The van der Waals surface area contributed by atoms with E-state index in [1.807, 2.05) is 50.2 Å². The molecule has 1 saturated heterocycles. The van der Waals surface area contributed by atoms with Crippen molar-refractivity contribution in [3.63, 3.8) is 0 Å². The summed E-state index contributed by atoms with van der Waals surface area (Å²) in [5.41, 5.74) is 4.05. The molecule has 33 heavy (non-hydrogen) atoms. The van der Waals surface area contributed by atoms with Crippen LogP contribution in [0.4, 0.5) is 5.69 Å². The summed E-state index contributed by atoms with van der Waals surface area (Å²) >= 11 is 0. The standard InChI is InChI=1S/C24H24N4O4S/c1-15(2)21-13-20(27-28(21)18-11-12-33(30,31)14-18)23(29)25-17-9-7-16(8-10-17)24-26-19-5-3-4-6-22(19)32-24/h3-10,13,15,18H,11-12,14H2,1-2H3,(H,25,29)/t18-/m1/s1. The Morgan fingerprint density at radius 2 is 1.91 bits per heavy atom. The molecule has 0 aliphatic carbocycles. The van der Waals surface area contributed by atoms with E-state index in [2.05, 4.69) is 15.4 Å². The Balaban J connectivity index is 1.34. The van der Waals surface area contributed by atoms with Crippen molar-refractivity contribution in [1.29, 1.82) is 0 Å². The first kappa shape index (κ1) is 21.4. The summed E-state index contributed by atoms with van der Waals surface area (Å²) in [5, 5.41) is 7.35. The number of benzene rings is 2. The molecule has 1 aliphatic rings. The van der Waals surface area contributed by atoms with Gasteiger partial charge in [-0.1, -0.05) is 26.0 Å². The minimum Gasteiger partial charge on any atom is -0.436 e. The van der Waals surface area contributed by atoms with Crippen LogP contribution in [0, 0.1) is 0 Å². The fraction of sp³-hybridized carbons (Fsp3) is 0.292. The summed E-state index contributed by atoms with van der Waals surface area (Å²) < 4.78 is 31.4. The molecule has 3 heterocycles. The van der Waals surface area contributed by atoms with Crippen LogP contribution in [0.15, 0.2) is 59.0 Å². The van der Waals surface area contributed by atoms with E-state index < -0.39 is 9.84 Å². The van der Waals surface area contributed by atoms with E-state index >= 15 is 0 Å². The number of aromatic nitrogens is 3. The van der Waals surface area contributed by atoms with E-state index in [1.54, 1.807) is 22.9 Å². The van der Waals surface area contributed by atoms with Crippen LogP contribution in [0.25, 0.3) is 22.6 Å². The lowest BCUT2D eigenvalue weighted by molar-refractivity contribution is 0.102. The molecule has 1 atom stereocenters. The highest BCUT2D eigenvalue weighted by atomic mass is 32.2. The Kier molecular flexibility index (Phi) is 5.28. The second-order valence-electron chi connectivity index (χ2n) is 8.63. The van der Waals surface area contributed by atoms with Crippen molar-refractivity contribution in [3.05, 3.63) is 66.0 Å². The second kappa shape index (κ2) is 8.15. The van der Waals surface area contributed by atoms with Crippen LogP contribution in [0.1, 0.15) is 48.4 Å². The highest BCUT2D eigenvalue weighted by Gasteiger charge is 2.32. The van der Waals surface area contributed by atoms with Gasteiger partial charge in [0.25, 0.3) is 5.91 Å². The number of amides is 1. The topological polar surface area (TPSA) is 107 Å². The number of sulfone groups is 1. The molecule has 1 amide bonds. The van der Waals surface area contributed by atoms with Crippen molar-refractivity contribution in [3.8, 4) is 11.5 Å². The maximum Gasteiger partial charge on any atom is 0.276 e. The highest BCUT2D eigenvalue weighted by Crippen LogP contribution is 2.29. The maximum atomic E-state index is 12.9. The van der Waals surface area contributed by atoms with E-state index in [-0.39, 0.29) is 35.1 Å². The number of hydrogen-bond donors (Lipinski definition) is 1. The van der Waals surface area contributed by atoms with Crippen LogP contribution >= 0.6 is 0 Å². The van der Waals surface area contributed by atoms with Gasteiger partial charge < -0.3 is 9.73 Å². The van der Waals surface area contributed by atoms with Crippen LogP contribution < -0.4 is 5.32 Å². The highest BCUT2D eigenvalue weighted by molar-refractivity contribution is 7.91. The second-order valence-corrected chi connectivity index (χ2v) is 10.9. The van der Waals surface area contributed by atoms with Crippen molar-refractivity contribution in [2.24, 2.45) is 0 Å². The van der Waals surface area contributed by atoms with Crippen LogP contribution in [-0.2, 0) is 9.84 Å². The van der Waals surface area contributed by atoms with Gasteiger partial charge in [0.2, 0.25) is 5.89 Å². The third-order valence-electron chi connectivity index (χ3n) is 5.83. The van der Waals surface area contributed by atoms with Gasteiger partial charge in [-0.3, -0.25) is 9.48 Å². The fourth-order valence-electron chi connectivity index (χ4n) is 4.10. The Morgan fingerprint density at radius 1 is 1.15 bits per heavy atom. The number of anilines is 1. The third kappa shape index (κ3) is 4.28. The third-order valence-corrected chi connectivity index (χ3v) is 7.58. The first-order valence-electron chi connectivity index (χ1n) is 10.9. The molecular formula is C24H24N4O4S. The smallest absolute Gasteiger partial charge is 0.276 e. The summed E-state index contributed by atoms with van der Waals surface area (Å²) in [6.45, 7) is 4.01. The molecule has 0 radical (unpaired) electrons. The lowest BCUT2D eigenvalue weighted by Crippen LogP contribution is -2.17. The van der Waals surface area contributed by atoms with E-state index in [1.165, 1.54) is 0 Å². The molecule has 170 valence electrons. The molecule has 5 rings (SSSR count). The quantitative estimate of drug-likeness (QED) is 0.468. The maximum absolute atomic E-state index is 12.9. The lowest BCUT2D eigenvalue weighted by atomic mass is 10.1. The minimum atomic E-state index is -3.06. The molecule has 1 N–H and O–H groups in total. The average molecular weight is 465 g/mol. The van der Waals surface area contributed by atoms with Crippen molar-refractivity contribution >= 4 is 32.5 Å². The molecule has 2 aromatic heterocycles. The summed E-state index contributed by atoms with van der Waals surface area (Å²) in [5.74, 6) is 0.500. The Hall–Kier alpha value is -3.46. The van der Waals surface area contributed by atoms with E-state index in [0.29, 0.717) is 18.0 Å². The number of nitrogens with zero attached hydrogens (tertiary/aromatic N) is 3. The van der Waals surface area contributed by atoms with Gasteiger partial charge in [0.1, 0.15) is 5.52 Å². The first-order chi connectivity index (χ1) is 15.8. The van der Waals surface area contributed by atoms with E-state index in [0.717, 1.165) is 22.4 Å². The number of oxazole rings is 1. The molecule has 4 aromatic rings. The number of hydrogen-bond acceptors (Lipinski definition) is 6. The zero-order chi connectivity index (χ0) is 23.2. The summed E-state index contributed by atoms with van der Waals surface area (Å²) in [7, 11) is -3.06. The Morgan fingerprint density at radius 3 is 2.58 bits per heavy atom. The SMILES string of the molecule is CC(C)c1cc(C(=O)Nc2ccc(-c3nc4ccccc4o3)cc2)nn1[C@@H]1CCS(=O)(=O)C1. The number of nitrogens with one attached hydrogen (secondary N) is 1.